The van der Waals surface area contributed by atoms with Crippen molar-refractivity contribution >= 4 is 23.2 Å². The maximum absolute atomic E-state index is 10.5. The summed E-state index contributed by atoms with van der Waals surface area (Å²) in [7, 11) is 0. The molecule has 13 heavy (non-hydrogen) atoms. The van der Waals surface area contributed by atoms with E-state index in [0.29, 0.717) is 5.05 Å². The third-order valence-electron chi connectivity index (χ3n) is 1.96. The lowest BCUT2D eigenvalue weighted by atomic mass is 9.91. The number of nitrogens with one attached hydrogen (secondary N) is 1. The molecule has 0 bridgehead atoms. The van der Waals surface area contributed by atoms with E-state index >= 15 is 0 Å². The van der Waals surface area contributed by atoms with Crippen LogP contribution in [0, 0.1) is 5.41 Å². The van der Waals surface area contributed by atoms with Crippen LogP contribution in [0.2, 0.25) is 0 Å². The summed E-state index contributed by atoms with van der Waals surface area (Å²) in [6.07, 6.45) is 0.923. The van der Waals surface area contributed by atoms with Gasteiger partial charge in [0.1, 0.15) is 0 Å². The minimum Gasteiger partial charge on any atom is -0.466 e. The Balaban J connectivity index is 3.81. The summed E-state index contributed by atoms with van der Waals surface area (Å²) in [5, 5.41) is 3.07. The first-order chi connectivity index (χ1) is 5.90. The number of hydrogen-bond acceptors (Lipinski definition) is 3. The zero-order valence-corrected chi connectivity index (χ0v) is 9.46. The molecule has 0 radical (unpaired) electrons. The van der Waals surface area contributed by atoms with E-state index in [1.54, 1.807) is 0 Å². The van der Waals surface area contributed by atoms with E-state index in [4.69, 9.17) is 17.0 Å². The lowest BCUT2D eigenvalue weighted by Gasteiger charge is -2.23. The van der Waals surface area contributed by atoms with Crippen molar-refractivity contribution in [1.29, 1.82) is 0 Å². The average molecular weight is 203 g/mol. The molecule has 0 aliphatic carbocycles. The van der Waals surface area contributed by atoms with Gasteiger partial charge in [0.05, 0.1) is 0 Å². The number of amides is 1. The summed E-state index contributed by atoms with van der Waals surface area (Å²) in [6, 6.07) is 0. The first-order valence-corrected chi connectivity index (χ1v) is 4.72. The van der Waals surface area contributed by atoms with Crippen LogP contribution in [0.4, 0.5) is 0 Å². The normalized spacial score (nSPS) is 10.8. The van der Waals surface area contributed by atoms with Crippen LogP contribution in [0.1, 0.15) is 34.1 Å². The van der Waals surface area contributed by atoms with E-state index in [-0.39, 0.29) is 18.1 Å². The van der Waals surface area contributed by atoms with Gasteiger partial charge in [0.25, 0.3) is 0 Å². The standard InChI is InChI=1S/C9H17NO2S/c1-5-9(3,4)8(13)12-6-10-7(2)11/h5-6H2,1-4H3,(H,10,11). The molecule has 76 valence electrons. The topological polar surface area (TPSA) is 38.3 Å². The highest BCUT2D eigenvalue weighted by molar-refractivity contribution is 7.80. The Bertz CT molecular complexity index is 202. The monoisotopic (exact) mass is 203 g/mol. The second-order valence-corrected chi connectivity index (χ2v) is 3.92. The van der Waals surface area contributed by atoms with Gasteiger partial charge >= 0.3 is 0 Å². The number of carbonyl (C=O) groups excluding carboxylic acids is 1. The summed E-state index contributed by atoms with van der Waals surface area (Å²) < 4.78 is 5.21. The molecule has 0 rings (SSSR count). The van der Waals surface area contributed by atoms with Crippen molar-refractivity contribution in [2.24, 2.45) is 5.41 Å². The van der Waals surface area contributed by atoms with Gasteiger partial charge in [-0.2, -0.15) is 0 Å². The maximum Gasteiger partial charge on any atom is 0.219 e. The first-order valence-electron chi connectivity index (χ1n) is 4.32. The van der Waals surface area contributed by atoms with Gasteiger partial charge in [-0.15, -0.1) is 0 Å². The molecule has 0 spiro atoms. The molecule has 3 nitrogen and oxygen atoms in total. The largest absolute Gasteiger partial charge is 0.466 e. The van der Waals surface area contributed by atoms with Gasteiger partial charge in [0.15, 0.2) is 11.8 Å². The van der Waals surface area contributed by atoms with E-state index in [1.807, 2.05) is 20.8 Å². The van der Waals surface area contributed by atoms with Crippen molar-refractivity contribution in [2.45, 2.75) is 34.1 Å². The molecule has 0 saturated carbocycles. The van der Waals surface area contributed by atoms with Crippen LogP contribution in [-0.4, -0.2) is 17.7 Å². The molecule has 4 heteroatoms. The maximum atomic E-state index is 10.5. The van der Waals surface area contributed by atoms with Crippen molar-refractivity contribution < 1.29 is 9.53 Å². The Morgan fingerprint density at radius 2 is 2.08 bits per heavy atom. The third-order valence-corrected chi connectivity index (χ3v) is 2.63. The molecule has 0 aromatic carbocycles. The SMILES string of the molecule is CCC(C)(C)C(=S)OCNC(C)=O. The van der Waals surface area contributed by atoms with Crippen molar-refractivity contribution in [1.82, 2.24) is 5.32 Å². The fraction of sp³-hybridized carbons (Fsp3) is 0.778. The van der Waals surface area contributed by atoms with Crippen molar-refractivity contribution in [2.75, 3.05) is 6.73 Å². The van der Waals surface area contributed by atoms with Gasteiger partial charge in [0, 0.05) is 12.3 Å². The predicted octanol–water partition coefficient (Wildman–Crippen LogP) is 1.86. The van der Waals surface area contributed by atoms with Crippen molar-refractivity contribution in [3.8, 4) is 0 Å². The van der Waals surface area contributed by atoms with E-state index in [9.17, 15) is 4.79 Å². The van der Waals surface area contributed by atoms with Gasteiger partial charge in [-0.3, -0.25) is 4.79 Å². The zero-order chi connectivity index (χ0) is 10.5. The fourth-order valence-corrected chi connectivity index (χ4v) is 0.746. The van der Waals surface area contributed by atoms with Gasteiger partial charge < -0.3 is 10.1 Å². The molecular weight excluding hydrogens is 186 g/mol. The highest BCUT2D eigenvalue weighted by atomic mass is 32.1. The Kier molecular flexibility index (Phi) is 4.91. The van der Waals surface area contributed by atoms with Crippen molar-refractivity contribution in [3.63, 3.8) is 0 Å². The lowest BCUT2D eigenvalue weighted by molar-refractivity contribution is -0.119. The summed E-state index contributed by atoms with van der Waals surface area (Å²) >= 11 is 5.07. The van der Waals surface area contributed by atoms with Gasteiger partial charge in [-0.1, -0.05) is 20.8 Å². The smallest absolute Gasteiger partial charge is 0.219 e. The molecule has 0 saturated heterocycles. The van der Waals surface area contributed by atoms with Crippen LogP contribution in [0.5, 0.6) is 0 Å². The lowest BCUT2D eigenvalue weighted by Crippen LogP contribution is -2.30. The first kappa shape index (κ1) is 12.4. The van der Waals surface area contributed by atoms with E-state index in [2.05, 4.69) is 5.32 Å². The molecule has 1 N–H and O–H groups in total. The van der Waals surface area contributed by atoms with E-state index in [1.165, 1.54) is 6.92 Å². The Morgan fingerprint density at radius 1 is 1.54 bits per heavy atom. The molecule has 0 unspecified atom stereocenters. The molecular formula is C9H17NO2S. The van der Waals surface area contributed by atoms with Crippen molar-refractivity contribution in [3.05, 3.63) is 0 Å². The molecule has 0 aromatic heterocycles. The highest BCUT2D eigenvalue weighted by Crippen LogP contribution is 2.22. The van der Waals surface area contributed by atoms with Gasteiger partial charge in [-0.25, -0.2) is 0 Å². The number of ether oxygens (including phenoxy) is 1. The second kappa shape index (κ2) is 5.17. The highest BCUT2D eigenvalue weighted by Gasteiger charge is 2.22. The molecule has 0 aliphatic heterocycles. The fourth-order valence-electron chi connectivity index (χ4n) is 0.543. The summed E-state index contributed by atoms with van der Waals surface area (Å²) in [5.74, 6) is -0.114. The van der Waals surface area contributed by atoms with E-state index in [0.717, 1.165) is 6.42 Å². The third kappa shape index (κ3) is 4.83. The van der Waals surface area contributed by atoms with Crippen LogP contribution in [0.25, 0.3) is 0 Å². The van der Waals surface area contributed by atoms with Crippen LogP contribution < -0.4 is 5.32 Å². The van der Waals surface area contributed by atoms with Crippen LogP contribution >= 0.6 is 12.2 Å². The average Bonchev–Trinajstić information content (AvgIpc) is 2.03. The molecule has 0 fully saturated rings. The van der Waals surface area contributed by atoms with Gasteiger partial charge in [0.2, 0.25) is 5.91 Å². The summed E-state index contributed by atoms with van der Waals surface area (Å²) in [6.45, 7) is 7.69. The Morgan fingerprint density at radius 3 is 2.46 bits per heavy atom. The summed E-state index contributed by atoms with van der Waals surface area (Å²) in [4.78, 5) is 10.5. The van der Waals surface area contributed by atoms with Gasteiger partial charge in [-0.05, 0) is 18.6 Å². The van der Waals surface area contributed by atoms with E-state index < -0.39 is 0 Å². The number of rotatable bonds is 4. The molecule has 0 atom stereocenters. The van der Waals surface area contributed by atoms with Crippen LogP contribution in [0.15, 0.2) is 0 Å². The molecule has 1 amide bonds. The number of thiocarbonyl (C=S) groups is 1. The number of carbonyl (C=O) groups is 1. The van der Waals surface area contributed by atoms with Crippen LogP contribution in [0.3, 0.4) is 0 Å². The minimum atomic E-state index is -0.114. The Labute approximate surface area is 84.8 Å². The predicted molar refractivity (Wildman–Crippen MR) is 56.4 cm³/mol. The minimum absolute atomic E-state index is 0.103. The molecule has 0 aromatic rings. The Hall–Kier alpha value is -0.640. The second-order valence-electron chi connectivity index (χ2n) is 3.55. The molecule has 0 heterocycles. The zero-order valence-electron chi connectivity index (χ0n) is 8.64. The quantitative estimate of drug-likeness (QED) is 0.560. The summed E-state index contributed by atoms with van der Waals surface area (Å²) in [5.41, 5.74) is -0.103. The number of hydrogen-bond donors (Lipinski definition) is 1. The van der Waals surface area contributed by atoms with Crippen LogP contribution in [-0.2, 0) is 9.53 Å². The molecule has 0 aliphatic rings.